The van der Waals surface area contributed by atoms with Gasteiger partial charge < -0.3 is 15.3 Å². The Morgan fingerprint density at radius 2 is 2.03 bits per heavy atom. The summed E-state index contributed by atoms with van der Waals surface area (Å²) in [4.78, 5) is 14.8. The molecule has 0 radical (unpaired) electrons. The monoisotopic (exact) mass is 572 g/mol. The molecule has 1 aliphatic carbocycles. The Kier molecular flexibility index (Phi) is 6.37. The van der Waals surface area contributed by atoms with Crippen molar-refractivity contribution in [3.8, 4) is 0 Å². The number of thiophene rings is 1. The van der Waals surface area contributed by atoms with Crippen molar-refractivity contribution >= 4 is 48.1 Å². The van der Waals surface area contributed by atoms with E-state index in [-0.39, 0.29) is 45.7 Å². The van der Waals surface area contributed by atoms with Crippen LogP contribution in [-0.4, -0.2) is 50.9 Å². The molecule has 0 spiro atoms. The molecule has 15 heteroatoms. The fraction of sp³-hybridized carbons (Fsp3) is 0.364. The predicted octanol–water partition coefficient (Wildman–Crippen LogP) is 2.61. The quantitative estimate of drug-likeness (QED) is 0.483. The standard InChI is InChI=1S/C22H22F2N4O6S3/c1-36(31,32)25-8-12-10-35-21-19(12)37(33,34)27-20(26-21)17-18(29)13-3-2-4-16(13)28(22(17)30)9-11-5-6-14(23)15(24)7-11/h5-7,10,13,16,25,29H,2-4,8-9H2,1H3,(H,26,27)/t13-,16+/m1/s1. The molecule has 0 saturated heterocycles. The number of nitrogens with zero attached hydrogens (tertiary/aromatic N) is 2. The molecular formula is C22H22F2N4O6S3. The largest absolute Gasteiger partial charge is 0.511 e. The van der Waals surface area contributed by atoms with Crippen molar-refractivity contribution in [2.75, 3.05) is 11.6 Å². The summed E-state index contributed by atoms with van der Waals surface area (Å²) in [7, 11) is -7.94. The van der Waals surface area contributed by atoms with Gasteiger partial charge in [-0.2, -0.15) is 8.42 Å². The number of anilines is 1. The van der Waals surface area contributed by atoms with Crippen LogP contribution in [0.3, 0.4) is 0 Å². The molecule has 198 valence electrons. The number of carbonyl (C=O) groups is 1. The highest BCUT2D eigenvalue weighted by Gasteiger charge is 2.47. The molecule has 3 N–H and O–H groups in total. The first-order chi connectivity index (χ1) is 17.4. The Labute approximate surface area is 215 Å². The van der Waals surface area contributed by atoms with E-state index < -0.39 is 49.5 Å². The zero-order valence-electron chi connectivity index (χ0n) is 19.4. The van der Waals surface area contributed by atoms with E-state index in [1.165, 1.54) is 16.3 Å². The minimum atomic E-state index is -4.36. The smallest absolute Gasteiger partial charge is 0.287 e. The molecule has 1 aromatic carbocycles. The highest BCUT2D eigenvalue weighted by atomic mass is 32.2. The Hall–Kier alpha value is -2.88. The number of sulfonamides is 2. The van der Waals surface area contributed by atoms with E-state index in [1.807, 2.05) is 0 Å². The van der Waals surface area contributed by atoms with Gasteiger partial charge in [-0.25, -0.2) is 21.9 Å². The second-order valence-electron chi connectivity index (χ2n) is 9.10. The van der Waals surface area contributed by atoms with Crippen LogP contribution in [0.1, 0.15) is 30.4 Å². The molecule has 3 heterocycles. The summed E-state index contributed by atoms with van der Waals surface area (Å²) < 4.78 is 82.4. The lowest BCUT2D eigenvalue weighted by Gasteiger charge is -2.38. The Balaban J connectivity index is 1.51. The second kappa shape index (κ2) is 9.15. The van der Waals surface area contributed by atoms with Gasteiger partial charge >= 0.3 is 0 Å². The molecule has 1 aromatic heterocycles. The van der Waals surface area contributed by atoms with Gasteiger partial charge in [-0.3, -0.25) is 4.79 Å². The fourth-order valence-electron chi connectivity index (χ4n) is 4.96. The molecule has 0 bridgehead atoms. The number of amidine groups is 1. The van der Waals surface area contributed by atoms with Crippen LogP contribution >= 0.6 is 11.3 Å². The normalized spacial score (nSPS) is 22.9. The van der Waals surface area contributed by atoms with E-state index in [9.17, 15) is 35.5 Å². The van der Waals surface area contributed by atoms with E-state index in [4.69, 9.17) is 0 Å². The molecule has 5 rings (SSSR count). The first-order valence-electron chi connectivity index (χ1n) is 11.2. The second-order valence-corrected chi connectivity index (χ2v) is 13.4. The summed E-state index contributed by atoms with van der Waals surface area (Å²) in [5.41, 5.74) is 0.224. The van der Waals surface area contributed by atoms with Crippen LogP contribution in [0.2, 0.25) is 0 Å². The van der Waals surface area contributed by atoms with E-state index in [2.05, 4.69) is 14.4 Å². The lowest BCUT2D eigenvalue weighted by atomic mass is 9.90. The van der Waals surface area contributed by atoms with Gasteiger partial charge in [-0.15, -0.1) is 15.7 Å². The van der Waals surface area contributed by atoms with Crippen molar-refractivity contribution in [2.45, 2.75) is 43.3 Å². The Bertz CT molecular complexity index is 1580. The highest BCUT2D eigenvalue weighted by molar-refractivity contribution is 7.91. The molecule has 0 unspecified atom stereocenters. The minimum absolute atomic E-state index is 0.0699. The average Bonchev–Trinajstić information content (AvgIpc) is 3.45. The average molecular weight is 573 g/mol. The highest BCUT2D eigenvalue weighted by Crippen LogP contribution is 2.43. The summed E-state index contributed by atoms with van der Waals surface area (Å²) in [5.74, 6) is -3.85. The van der Waals surface area contributed by atoms with Crippen molar-refractivity contribution in [1.29, 1.82) is 0 Å². The number of amides is 1. The fourth-order valence-corrected chi connectivity index (χ4v) is 7.98. The molecule has 2 aliphatic heterocycles. The molecule has 1 fully saturated rings. The molecule has 2 aromatic rings. The van der Waals surface area contributed by atoms with Gasteiger partial charge in [0.05, 0.1) is 6.26 Å². The molecule has 37 heavy (non-hydrogen) atoms. The van der Waals surface area contributed by atoms with Crippen molar-refractivity contribution in [2.24, 2.45) is 10.3 Å². The maximum absolute atomic E-state index is 13.8. The molecular weight excluding hydrogens is 550 g/mol. The van der Waals surface area contributed by atoms with Crippen LogP contribution in [0.5, 0.6) is 0 Å². The van der Waals surface area contributed by atoms with Crippen LogP contribution in [0.4, 0.5) is 13.8 Å². The van der Waals surface area contributed by atoms with Crippen LogP contribution in [0, 0.1) is 17.6 Å². The number of carbonyl (C=O) groups excluding carboxylic acids is 1. The maximum atomic E-state index is 13.8. The number of nitrogens with one attached hydrogen (secondary N) is 2. The van der Waals surface area contributed by atoms with Gasteiger partial charge in [0.2, 0.25) is 10.0 Å². The number of rotatable bonds is 6. The maximum Gasteiger partial charge on any atom is 0.287 e. The van der Waals surface area contributed by atoms with Gasteiger partial charge in [0.15, 0.2) is 17.5 Å². The third-order valence-corrected chi connectivity index (χ3v) is 9.73. The van der Waals surface area contributed by atoms with Crippen LogP contribution in [0.25, 0.3) is 0 Å². The SMILES string of the molecule is CS(=O)(=O)NCc1csc2c1S(=O)(=O)N=C(C1=C(O)[C@@H]3CCC[C@@H]3N(Cc3ccc(F)c(F)c3)C1=O)N2. The van der Waals surface area contributed by atoms with Gasteiger partial charge in [0, 0.05) is 30.6 Å². The number of hydrogen-bond donors (Lipinski definition) is 3. The van der Waals surface area contributed by atoms with Crippen LogP contribution in [0.15, 0.2) is 44.2 Å². The third-order valence-electron chi connectivity index (χ3n) is 6.58. The van der Waals surface area contributed by atoms with Crippen molar-refractivity contribution < 1.29 is 35.5 Å². The minimum Gasteiger partial charge on any atom is -0.511 e. The van der Waals surface area contributed by atoms with Crippen LogP contribution in [-0.2, 0) is 37.9 Å². The van der Waals surface area contributed by atoms with Gasteiger partial charge in [0.25, 0.3) is 15.9 Å². The van der Waals surface area contributed by atoms with Gasteiger partial charge in [0.1, 0.15) is 21.2 Å². The zero-order chi connectivity index (χ0) is 26.7. The van der Waals surface area contributed by atoms with Crippen molar-refractivity contribution in [1.82, 2.24) is 9.62 Å². The number of benzene rings is 1. The van der Waals surface area contributed by atoms with Crippen molar-refractivity contribution in [3.63, 3.8) is 0 Å². The number of halogens is 2. The van der Waals surface area contributed by atoms with E-state index in [0.29, 0.717) is 24.8 Å². The number of aliphatic hydroxyl groups excluding tert-OH is 1. The summed E-state index contributed by atoms with van der Waals surface area (Å²) in [5, 5.41) is 15.5. The van der Waals surface area contributed by atoms with Gasteiger partial charge in [-0.05, 0) is 35.9 Å². The third kappa shape index (κ3) is 4.76. The van der Waals surface area contributed by atoms with Gasteiger partial charge in [-0.1, -0.05) is 12.5 Å². The summed E-state index contributed by atoms with van der Waals surface area (Å²) in [6.07, 6.45) is 2.79. The number of hydrogen-bond acceptors (Lipinski definition) is 8. The molecule has 10 nitrogen and oxygen atoms in total. The van der Waals surface area contributed by atoms with Crippen LogP contribution < -0.4 is 10.0 Å². The lowest BCUT2D eigenvalue weighted by Crippen LogP contribution is -2.49. The van der Waals surface area contributed by atoms with Crippen molar-refractivity contribution in [3.05, 3.63) is 57.7 Å². The topological polar surface area (TPSA) is 145 Å². The van der Waals surface area contributed by atoms with E-state index >= 15 is 0 Å². The first kappa shape index (κ1) is 25.8. The Morgan fingerprint density at radius 1 is 1.27 bits per heavy atom. The number of fused-ring (bicyclic) bond motifs is 2. The Morgan fingerprint density at radius 3 is 2.73 bits per heavy atom. The lowest BCUT2D eigenvalue weighted by molar-refractivity contribution is -0.132. The van der Waals surface area contributed by atoms with E-state index in [1.54, 1.807) is 0 Å². The van der Waals surface area contributed by atoms with E-state index in [0.717, 1.165) is 29.7 Å². The zero-order valence-corrected chi connectivity index (χ0v) is 21.8. The molecule has 1 saturated carbocycles. The molecule has 2 atom stereocenters. The first-order valence-corrected chi connectivity index (χ1v) is 15.4. The summed E-state index contributed by atoms with van der Waals surface area (Å²) in [6.45, 7) is -0.339. The number of aliphatic hydroxyl groups is 1. The molecule has 1 amide bonds. The predicted molar refractivity (Wildman–Crippen MR) is 132 cm³/mol. The summed E-state index contributed by atoms with van der Waals surface area (Å²) >= 11 is 0.989. The molecule has 3 aliphatic rings. The summed E-state index contributed by atoms with van der Waals surface area (Å²) in [6, 6.07) is 2.93.